The van der Waals surface area contributed by atoms with Crippen molar-refractivity contribution in [1.29, 1.82) is 0 Å². The number of ether oxygens (including phenoxy) is 1. The second-order valence-corrected chi connectivity index (χ2v) is 2.78. The minimum Gasteiger partial charge on any atom is -0.376 e. The zero-order valence-electron chi connectivity index (χ0n) is 6.54. The fourth-order valence-electron chi connectivity index (χ4n) is 1.18. The molecule has 0 saturated carbocycles. The van der Waals surface area contributed by atoms with Gasteiger partial charge in [-0.05, 0) is 13.8 Å². The molecule has 1 aliphatic heterocycles. The van der Waals surface area contributed by atoms with Crippen LogP contribution in [0, 0.1) is 0 Å². The minimum atomic E-state index is -0.577. The summed E-state index contributed by atoms with van der Waals surface area (Å²) in [5, 5.41) is 10.9. The smallest absolute Gasteiger partial charge is 0.143 e. The number of rotatable bonds is 1. The summed E-state index contributed by atoms with van der Waals surface area (Å²) < 4.78 is 5.28. The van der Waals surface area contributed by atoms with Gasteiger partial charge in [0.2, 0.25) is 0 Å². The summed E-state index contributed by atoms with van der Waals surface area (Å²) in [5.74, 6) is 0. The second-order valence-electron chi connectivity index (χ2n) is 2.78. The first-order valence-electron chi connectivity index (χ1n) is 3.71. The third-order valence-electron chi connectivity index (χ3n) is 1.79. The second kappa shape index (κ2) is 3.32. The Balaban J connectivity index is 2.32. The van der Waals surface area contributed by atoms with Crippen LogP contribution in [-0.2, 0) is 9.84 Å². The lowest BCUT2D eigenvalue weighted by molar-refractivity contribution is -0.104. The van der Waals surface area contributed by atoms with Crippen molar-refractivity contribution >= 4 is 0 Å². The van der Waals surface area contributed by atoms with Gasteiger partial charge < -0.3 is 4.74 Å². The van der Waals surface area contributed by atoms with Crippen molar-refractivity contribution in [2.75, 3.05) is 19.7 Å². The molecule has 2 unspecified atom stereocenters. The highest BCUT2D eigenvalue weighted by Gasteiger charge is 2.19. The lowest BCUT2D eigenvalue weighted by Crippen LogP contribution is -2.45. The third-order valence-corrected chi connectivity index (χ3v) is 1.79. The summed E-state index contributed by atoms with van der Waals surface area (Å²) in [7, 11) is 0. The van der Waals surface area contributed by atoms with Crippen LogP contribution in [0.2, 0.25) is 0 Å². The Bertz CT molecular complexity index is 106. The normalized spacial score (nSPS) is 32.1. The molecule has 0 aromatic carbocycles. The van der Waals surface area contributed by atoms with Gasteiger partial charge in [-0.2, -0.15) is 0 Å². The van der Waals surface area contributed by atoms with E-state index in [0.717, 1.165) is 13.1 Å². The molecule has 1 rings (SSSR count). The van der Waals surface area contributed by atoms with Crippen LogP contribution in [0.1, 0.15) is 13.8 Å². The van der Waals surface area contributed by atoms with E-state index in [1.165, 1.54) is 0 Å². The first kappa shape index (κ1) is 7.98. The van der Waals surface area contributed by atoms with Crippen LogP contribution in [0.25, 0.3) is 0 Å². The van der Waals surface area contributed by atoms with Crippen LogP contribution < -0.4 is 0 Å². The van der Waals surface area contributed by atoms with Crippen LogP contribution in [0.5, 0.6) is 0 Å². The van der Waals surface area contributed by atoms with Crippen molar-refractivity contribution in [3.05, 3.63) is 0 Å². The van der Waals surface area contributed by atoms with Gasteiger partial charge in [0, 0.05) is 13.1 Å². The van der Waals surface area contributed by atoms with Crippen molar-refractivity contribution in [3.63, 3.8) is 0 Å². The summed E-state index contributed by atoms with van der Waals surface area (Å²) >= 11 is 0. The van der Waals surface area contributed by atoms with E-state index in [1.54, 1.807) is 6.92 Å². The molecule has 0 bridgehead atoms. The molecule has 0 amide bonds. The first-order chi connectivity index (χ1) is 4.70. The summed E-state index contributed by atoms with van der Waals surface area (Å²) in [6, 6.07) is 0. The van der Waals surface area contributed by atoms with Gasteiger partial charge in [0.15, 0.2) is 0 Å². The molecular weight excluding hydrogens is 130 g/mol. The topological polar surface area (TPSA) is 32.4 Å². The van der Waals surface area contributed by atoms with E-state index >= 15 is 0 Å². The highest BCUT2D eigenvalue weighted by molar-refractivity contribution is 4.67. The van der Waals surface area contributed by atoms with Gasteiger partial charge in [-0.1, -0.05) is 0 Å². The third kappa shape index (κ3) is 1.94. The molecule has 0 aliphatic carbocycles. The standard InChI is InChI=1S/C7H14NO2/c1-6-5-8(7(2)9)3-4-10-6/h6-7H,3-5H2,1-2H3. The maximum Gasteiger partial charge on any atom is 0.143 e. The fourth-order valence-corrected chi connectivity index (χ4v) is 1.18. The molecule has 3 heteroatoms. The van der Waals surface area contributed by atoms with E-state index in [9.17, 15) is 5.11 Å². The maximum atomic E-state index is 10.9. The Hall–Kier alpha value is -0.120. The van der Waals surface area contributed by atoms with Crippen molar-refractivity contribution in [2.45, 2.75) is 26.2 Å². The quantitative estimate of drug-likeness (QED) is 0.536. The summed E-state index contributed by atoms with van der Waals surface area (Å²) in [6.07, 6.45) is -0.350. The van der Waals surface area contributed by atoms with Crippen molar-refractivity contribution < 1.29 is 9.84 Å². The van der Waals surface area contributed by atoms with Gasteiger partial charge in [-0.3, -0.25) is 4.90 Å². The molecule has 0 aromatic rings. The molecule has 1 radical (unpaired) electrons. The Morgan fingerprint density at radius 3 is 2.80 bits per heavy atom. The highest BCUT2D eigenvalue weighted by atomic mass is 16.5. The molecule has 10 heavy (non-hydrogen) atoms. The molecule has 0 N–H and O–H groups in total. The largest absolute Gasteiger partial charge is 0.376 e. The van der Waals surface area contributed by atoms with Crippen molar-refractivity contribution in [2.24, 2.45) is 0 Å². The lowest BCUT2D eigenvalue weighted by atomic mass is 10.3. The molecule has 0 spiro atoms. The summed E-state index contributed by atoms with van der Waals surface area (Å²) in [5.41, 5.74) is 0. The number of nitrogens with zero attached hydrogens (tertiary/aromatic N) is 1. The maximum absolute atomic E-state index is 10.9. The zero-order chi connectivity index (χ0) is 7.56. The number of hydrogen-bond donors (Lipinski definition) is 0. The monoisotopic (exact) mass is 144 g/mol. The summed E-state index contributed by atoms with van der Waals surface area (Å²) in [4.78, 5) is 1.90. The van der Waals surface area contributed by atoms with Gasteiger partial charge >= 0.3 is 0 Å². The predicted molar refractivity (Wildman–Crippen MR) is 37.1 cm³/mol. The van der Waals surface area contributed by atoms with E-state index in [0.29, 0.717) is 6.61 Å². The van der Waals surface area contributed by atoms with E-state index in [1.807, 2.05) is 11.8 Å². The Morgan fingerprint density at radius 1 is 1.70 bits per heavy atom. The van der Waals surface area contributed by atoms with Gasteiger partial charge in [0.05, 0.1) is 12.7 Å². The minimum absolute atomic E-state index is 0.227. The molecule has 59 valence electrons. The average molecular weight is 144 g/mol. The van der Waals surface area contributed by atoms with Crippen molar-refractivity contribution in [1.82, 2.24) is 4.90 Å². The van der Waals surface area contributed by atoms with Crippen LogP contribution >= 0.6 is 0 Å². The van der Waals surface area contributed by atoms with Gasteiger partial charge in [-0.25, -0.2) is 5.11 Å². The zero-order valence-corrected chi connectivity index (χ0v) is 6.54. The molecule has 3 nitrogen and oxygen atoms in total. The Labute approximate surface area is 61.6 Å². The molecule has 0 aromatic heterocycles. The van der Waals surface area contributed by atoms with E-state index < -0.39 is 6.23 Å². The number of hydrogen-bond acceptors (Lipinski definition) is 2. The predicted octanol–water partition coefficient (Wildman–Crippen LogP) is 0.484. The first-order valence-corrected chi connectivity index (χ1v) is 3.71. The summed E-state index contributed by atoms with van der Waals surface area (Å²) in [6.45, 7) is 5.94. The van der Waals surface area contributed by atoms with E-state index in [2.05, 4.69) is 0 Å². The van der Waals surface area contributed by atoms with Crippen LogP contribution in [0.4, 0.5) is 0 Å². The molecule has 2 atom stereocenters. The molecular formula is C7H14NO2. The number of morpholine rings is 1. The van der Waals surface area contributed by atoms with E-state index in [4.69, 9.17) is 4.74 Å². The highest BCUT2D eigenvalue weighted by Crippen LogP contribution is 2.06. The Kier molecular flexibility index (Phi) is 2.65. The van der Waals surface area contributed by atoms with Crippen LogP contribution in [0.15, 0.2) is 0 Å². The molecule has 1 saturated heterocycles. The average Bonchev–Trinajstić information content (AvgIpc) is 1.88. The fraction of sp³-hybridized carbons (Fsp3) is 1.00. The Morgan fingerprint density at radius 2 is 2.40 bits per heavy atom. The lowest BCUT2D eigenvalue weighted by Gasteiger charge is -2.31. The van der Waals surface area contributed by atoms with Gasteiger partial charge in [0.25, 0.3) is 0 Å². The van der Waals surface area contributed by atoms with Crippen LogP contribution in [-0.4, -0.2) is 36.9 Å². The molecule has 1 fully saturated rings. The van der Waals surface area contributed by atoms with Crippen LogP contribution in [0.3, 0.4) is 0 Å². The van der Waals surface area contributed by atoms with Gasteiger partial charge in [0.1, 0.15) is 6.23 Å². The van der Waals surface area contributed by atoms with E-state index in [-0.39, 0.29) is 6.10 Å². The molecule has 1 aliphatic rings. The van der Waals surface area contributed by atoms with Crippen molar-refractivity contribution in [3.8, 4) is 0 Å². The van der Waals surface area contributed by atoms with Gasteiger partial charge in [-0.15, -0.1) is 0 Å². The molecule has 1 heterocycles. The SMILES string of the molecule is CC1CN(C(C)[O])CCO1.